The van der Waals surface area contributed by atoms with Gasteiger partial charge in [-0.25, -0.2) is 4.99 Å². The highest BCUT2D eigenvalue weighted by atomic mass is 16.1. The molecule has 0 saturated carbocycles. The van der Waals surface area contributed by atoms with Gasteiger partial charge in [-0.3, -0.25) is 4.79 Å². The molecule has 17 heavy (non-hydrogen) atoms. The van der Waals surface area contributed by atoms with Crippen LogP contribution in [0.25, 0.3) is 0 Å². The van der Waals surface area contributed by atoms with Crippen LogP contribution >= 0.6 is 0 Å². The molecule has 0 heterocycles. The standard InChI is InChI=1S/C10H14N6O/c1-6(17)14-7-3-2-4-8(5-7)15-10(13)16-9(11)12/h2-5H,1H3,(H,14,17)(H6,11,12,13,15,16). The second-order valence-electron chi connectivity index (χ2n) is 3.24. The van der Waals surface area contributed by atoms with E-state index in [9.17, 15) is 4.79 Å². The number of anilines is 1. The Hall–Kier alpha value is -2.57. The van der Waals surface area contributed by atoms with E-state index in [-0.39, 0.29) is 17.8 Å². The lowest BCUT2D eigenvalue weighted by Gasteiger charge is -2.02. The van der Waals surface area contributed by atoms with E-state index in [0.29, 0.717) is 11.4 Å². The van der Waals surface area contributed by atoms with Crippen molar-refractivity contribution in [2.45, 2.75) is 6.92 Å². The fourth-order valence-electron chi connectivity index (χ4n) is 1.15. The number of aliphatic imine (C=N–C) groups is 2. The molecular weight excluding hydrogens is 220 g/mol. The van der Waals surface area contributed by atoms with Crippen molar-refractivity contribution in [3.05, 3.63) is 24.3 Å². The van der Waals surface area contributed by atoms with Crippen molar-refractivity contribution in [1.82, 2.24) is 0 Å². The van der Waals surface area contributed by atoms with Crippen molar-refractivity contribution < 1.29 is 4.79 Å². The van der Waals surface area contributed by atoms with Crippen LogP contribution in [0.5, 0.6) is 0 Å². The summed E-state index contributed by atoms with van der Waals surface area (Å²) in [5, 5.41) is 2.62. The highest BCUT2D eigenvalue weighted by Crippen LogP contribution is 2.17. The van der Waals surface area contributed by atoms with Gasteiger partial charge >= 0.3 is 0 Å². The lowest BCUT2D eigenvalue weighted by molar-refractivity contribution is -0.114. The molecule has 0 aliphatic heterocycles. The highest BCUT2D eigenvalue weighted by molar-refractivity contribution is 5.94. The Morgan fingerprint density at radius 1 is 1.29 bits per heavy atom. The zero-order chi connectivity index (χ0) is 12.8. The fourth-order valence-corrected chi connectivity index (χ4v) is 1.15. The zero-order valence-corrected chi connectivity index (χ0v) is 9.34. The summed E-state index contributed by atoms with van der Waals surface area (Å²) in [4.78, 5) is 18.4. The molecule has 0 aliphatic carbocycles. The molecular formula is C10H14N6O. The van der Waals surface area contributed by atoms with Gasteiger partial charge in [0.2, 0.25) is 11.9 Å². The van der Waals surface area contributed by atoms with Crippen LogP contribution in [0.15, 0.2) is 34.3 Å². The zero-order valence-electron chi connectivity index (χ0n) is 9.34. The number of carbonyl (C=O) groups excluding carboxylic acids is 1. The van der Waals surface area contributed by atoms with E-state index in [1.165, 1.54) is 6.92 Å². The molecule has 0 fully saturated rings. The number of nitrogens with zero attached hydrogens (tertiary/aromatic N) is 2. The van der Waals surface area contributed by atoms with Gasteiger partial charge in [0.15, 0.2) is 5.96 Å². The third-order valence-corrected chi connectivity index (χ3v) is 1.65. The van der Waals surface area contributed by atoms with Gasteiger partial charge in [-0.2, -0.15) is 4.99 Å². The van der Waals surface area contributed by atoms with E-state index in [1.807, 2.05) is 0 Å². The second kappa shape index (κ2) is 5.50. The highest BCUT2D eigenvalue weighted by Gasteiger charge is 1.97. The number of nitrogens with one attached hydrogen (secondary N) is 1. The SMILES string of the molecule is CC(=O)Nc1cccc(N=C(N)N=C(N)N)c1. The molecule has 1 rings (SSSR count). The van der Waals surface area contributed by atoms with Gasteiger partial charge < -0.3 is 22.5 Å². The monoisotopic (exact) mass is 234 g/mol. The van der Waals surface area contributed by atoms with E-state index in [0.717, 1.165) is 0 Å². The number of rotatable bonds is 2. The van der Waals surface area contributed by atoms with Crippen LogP contribution in [-0.2, 0) is 4.79 Å². The Labute approximate surface area is 98.4 Å². The Morgan fingerprint density at radius 3 is 2.59 bits per heavy atom. The summed E-state index contributed by atoms with van der Waals surface area (Å²) in [6, 6.07) is 6.82. The van der Waals surface area contributed by atoms with Crippen LogP contribution in [0.1, 0.15) is 6.92 Å². The molecule has 0 unspecified atom stereocenters. The number of carbonyl (C=O) groups is 1. The van der Waals surface area contributed by atoms with Crippen molar-refractivity contribution >= 4 is 29.2 Å². The molecule has 1 aromatic carbocycles. The molecule has 0 saturated heterocycles. The first-order chi connectivity index (χ1) is 7.97. The number of amides is 1. The first-order valence-electron chi connectivity index (χ1n) is 4.79. The average Bonchev–Trinajstić information content (AvgIpc) is 2.14. The van der Waals surface area contributed by atoms with E-state index in [1.54, 1.807) is 24.3 Å². The Balaban J connectivity index is 2.92. The summed E-state index contributed by atoms with van der Waals surface area (Å²) in [5.74, 6) is -0.377. The molecule has 0 atom stereocenters. The minimum atomic E-state index is -0.164. The lowest BCUT2D eigenvalue weighted by atomic mass is 10.3. The molecule has 7 nitrogen and oxygen atoms in total. The first-order valence-corrected chi connectivity index (χ1v) is 4.79. The van der Waals surface area contributed by atoms with Crippen LogP contribution in [0.2, 0.25) is 0 Å². The van der Waals surface area contributed by atoms with E-state index >= 15 is 0 Å². The van der Waals surface area contributed by atoms with Gasteiger partial charge in [0.25, 0.3) is 0 Å². The Kier molecular flexibility index (Phi) is 4.04. The molecule has 7 heteroatoms. The number of guanidine groups is 2. The van der Waals surface area contributed by atoms with E-state index < -0.39 is 0 Å². The summed E-state index contributed by atoms with van der Waals surface area (Å²) >= 11 is 0. The smallest absolute Gasteiger partial charge is 0.223 e. The third-order valence-electron chi connectivity index (χ3n) is 1.65. The van der Waals surface area contributed by atoms with Gasteiger partial charge in [0.1, 0.15) is 0 Å². The predicted molar refractivity (Wildman–Crippen MR) is 67.8 cm³/mol. The molecule has 0 bridgehead atoms. The van der Waals surface area contributed by atoms with E-state index in [2.05, 4.69) is 15.3 Å². The van der Waals surface area contributed by atoms with Crippen LogP contribution in [0, 0.1) is 0 Å². The fraction of sp³-hybridized carbons (Fsp3) is 0.100. The maximum atomic E-state index is 10.9. The maximum Gasteiger partial charge on any atom is 0.223 e. The molecule has 1 amide bonds. The van der Waals surface area contributed by atoms with Crippen molar-refractivity contribution in [2.24, 2.45) is 27.2 Å². The topological polar surface area (TPSA) is 132 Å². The summed E-state index contributed by atoms with van der Waals surface area (Å²) in [6.07, 6.45) is 0. The third kappa shape index (κ3) is 4.65. The molecule has 7 N–H and O–H groups in total. The van der Waals surface area contributed by atoms with Crippen LogP contribution < -0.4 is 22.5 Å². The number of nitrogens with two attached hydrogens (primary N) is 3. The van der Waals surface area contributed by atoms with Gasteiger partial charge in [0.05, 0.1) is 5.69 Å². The van der Waals surface area contributed by atoms with Gasteiger partial charge in [0, 0.05) is 12.6 Å². The Morgan fingerprint density at radius 2 is 2.00 bits per heavy atom. The molecule has 1 aromatic rings. The minimum Gasteiger partial charge on any atom is -0.370 e. The van der Waals surface area contributed by atoms with Crippen LogP contribution in [-0.4, -0.2) is 17.8 Å². The van der Waals surface area contributed by atoms with Gasteiger partial charge in [-0.05, 0) is 18.2 Å². The molecule has 0 aromatic heterocycles. The summed E-state index contributed by atoms with van der Waals surface area (Å²) in [6.45, 7) is 1.42. The normalized spacial score (nSPS) is 10.8. The Bertz CT molecular complexity index is 475. The van der Waals surface area contributed by atoms with Crippen molar-refractivity contribution in [3.63, 3.8) is 0 Å². The predicted octanol–water partition coefficient (Wildman–Crippen LogP) is -0.135. The minimum absolute atomic E-state index is 0.0509. The molecule has 0 radical (unpaired) electrons. The number of hydrogen-bond donors (Lipinski definition) is 4. The second-order valence-corrected chi connectivity index (χ2v) is 3.24. The van der Waals surface area contributed by atoms with Crippen LogP contribution in [0.4, 0.5) is 11.4 Å². The van der Waals surface area contributed by atoms with Crippen LogP contribution in [0.3, 0.4) is 0 Å². The van der Waals surface area contributed by atoms with Crippen molar-refractivity contribution in [3.8, 4) is 0 Å². The van der Waals surface area contributed by atoms with Gasteiger partial charge in [-0.1, -0.05) is 6.07 Å². The van der Waals surface area contributed by atoms with E-state index in [4.69, 9.17) is 17.2 Å². The lowest BCUT2D eigenvalue weighted by Crippen LogP contribution is -2.26. The quantitative estimate of drug-likeness (QED) is 0.419. The molecule has 0 spiro atoms. The number of benzene rings is 1. The van der Waals surface area contributed by atoms with Crippen molar-refractivity contribution in [2.75, 3.05) is 5.32 Å². The first kappa shape index (κ1) is 12.5. The summed E-state index contributed by atoms with van der Waals surface area (Å²) in [5.41, 5.74) is 16.9. The molecule has 90 valence electrons. The van der Waals surface area contributed by atoms with Crippen molar-refractivity contribution in [1.29, 1.82) is 0 Å². The summed E-state index contributed by atoms with van der Waals surface area (Å²) in [7, 11) is 0. The molecule has 0 aliphatic rings. The number of hydrogen-bond acceptors (Lipinski definition) is 2. The average molecular weight is 234 g/mol. The van der Waals surface area contributed by atoms with Gasteiger partial charge in [-0.15, -0.1) is 0 Å². The largest absolute Gasteiger partial charge is 0.370 e. The maximum absolute atomic E-state index is 10.9. The summed E-state index contributed by atoms with van der Waals surface area (Å²) < 4.78 is 0.